The van der Waals surface area contributed by atoms with Crippen LogP contribution < -0.4 is 0 Å². The third-order valence-electron chi connectivity index (χ3n) is 7.15. The molecule has 0 bridgehead atoms. The molecule has 0 aliphatic heterocycles. The van der Waals surface area contributed by atoms with Gasteiger partial charge in [-0.2, -0.15) is 0 Å². The zero-order valence-electron chi connectivity index (χ0n) is 19.5. The highest BCUT2D eigenvalue weighted by Gasteiger charge is 2.17. The summed E-state index contributed by atoms with van der Waals surface area (Å²) in [5.41, 5.74) is 12.0. The first-order valence-electron chi connectivity index (χ1n) is 11.4. The van der Waals surface area contributed by atoms with E-state index in [9.17, 15) is 0 Å². The van der Waals surface area contributed by atoms with Crippen LogP contribution in [0.15, 0.2) is 66.7 Å². The third kappa shape index (κ3) is 2.59. The lowest BCUT2D eigenvalue weighted by Gasteiger charge is -2.12. The van der Waals surface area contributed by atoms with Crippen LogP contribution >= 0.6 is 0 Å². The van der Waals surface area contributed by atoms with Crippen LogP contribution in [0.1, 0.15) is 27.8 Å². The quantitative estimate of drug-likeness (QED) is 0.273. The van der Waals surface area contributed by atoms with E-state index in [1.165, 1.54) is 71.4 Å². The average Bonchev–Trinajstić information content (AvgIpc) is 3.23. The maximum atomic E-state index is 2.52. The molecule has 6 aromatic rings. The van der Waals surface area contributed by atoms with E-state index in [0.29, 0.717) is 0 Å². The van der Waals surface area contributed by atoms with Crippen molar-refractivity contribution in [3.05, 3.63) is 94.5 Å². The molecule has 0 aliphatic rings. The Balaban J connectivity index is 1.70. The van der Waals surface area contributed by atoms with E-state index in [-0.39, 0.29) is 0 Å². The van der Waals surface area contributed by atoms with Gasteiger partial charge in [0, 0.05) is 46.2 Å². The molecule has 2 nitrogen and oxygen atoms in total. The van der Waals surface area contributed by atoms with Crippen molar-refractivity contribution in [1.29, 1.82) is 0 Å². The van der Waals surface area contributed by atoms with Crippen molar-refractivity contribution in [3.63, 3.8) is 0 Å². The van der Waals surface area contributed by atoms with Crippen molar-refractivity contribution in [2.75, 3.05) is 0 Å². The fourth-order valence-corrected chi connectivity index (χ4v) is 5.68. The van der Waals surface area contributed by atoms with Crippen molar-refractivity contribution < 1.29 is 0 Å². The second kappa shape index (κ2) is 6.74. The summed E-state index contributed by atoms with van der Waals surface area (Å²) in [5.74, 6) is 0. The predicted octanol–water partition coefficient (Wildman–Crippen LogP) is 7.72. The normalized spacial score (nSPS) is 12.0. The van der Waals surface area contributed by atoms with E-state index in [1.54, 1.807) is 0 Å². The Labute approximate surface area is 188 Å². The van der Waals surface area contributed by atoms with Crippen LogP contribution in [0.25, 0.3) is 43.6 Å². The molecule has 2 heteroatoms. The lowest BCUT2D eigenvalue weighted by atomic mass is 10.0. The highest BCUT2D eigenvalue weighted by molar-refractivity contribution is 6.12. The van der Waals surface area contributed by atoms with Gasteiger partial charge in [-0.1, -0.05) is 54.6 Å². The molecule has 0 fully saturated rings. The minimum Gasteiger partial charge on any atom is -0.343 e. The van der Waals surface area contributed by atoms with Gasteiger partial charge in [0.05, 0.1) is 11.0 Å². The second-order valence-corrected chi connectivity index (χ2v) is 9.42. The number of benzene rings is 4. The van der Waals surface area contributed by atoms with Crippen molar-refractivity contribution >= 4 is 43.6 Å². The summed E-state index contributed by atoms with van der Waals surface area (Å²) >= 11 is 0. The van der Waals surface area contributed by atoms with E-state index in [0.717, 1.165) is 6.54 Å². The van der Waals surface area contributed by atoms with Gasteiger partial charge in [-0.05, 0) is 67.6 Å². The van der Waals surface area contributed by atoms with E-state index >= 15 is 0 Å². The molecule has 0 unspecified atom stereocenters. The second-order valence-electron chi connectivity index (χ2n) is 9.42. The first kappa shape index (κ1) is 19.2. The van der Waals surface area contributed by atoms with Crippen LogP contribution in [-0.2, 0) is 13.6 Å². The van der Waals surface area contributed by atoms with Crippen molar-refractivity contribution in [3.8, 4) is 0 Å². The Kier molecular flexibility index (Phi) is 4.04. The van der Waals surface area contributed by atoms with Crippen LogP contribution in [0.3, 0.4) is 0 Å². The Morgan fingerprint density at radius 1 is 0.625 bits per heavy atom. The highest BCUT2D eigenvalue weighted by Crippen LogP contribution is 2.37. The summed E-state index contributed by atoms with van der Waals surface area (Å²) in [5, 5.41) is 5.42. The van der Waals surface area contributed by atoms with E-state index < -0.39 is 0 Å². The number of nitrogens with zero attached hydrogens (tertiary/aromatic N) is 2. The minimum atomic E-state index is 0.858. The highest BCUT2D eigenvalue weighted by atomic mass is 15.0. The number of aromatic nitrogens is 2. The van der Waals surface area contributed by atoms with E-state index in [2.05, 4.69) is 111 Å². The standard InChI is InChI=1S/C30H28N2/c1-18-9-13-23-24-14-10-19(2)16-27(24)32(26(23)15-18)17-22-12-11-21(4)30-28(22)25-8-6-7-20(3)29(25)31(30)5/h6-16H,17H2,1-5H3. The van der Waals surface area contributed by atoms with Crippen LogP contribution in [0, 0.1) is 27.7 Å². The number of hydrogen-bond acceptors (Lipinski definition) is 0. The van der Waals surface area contributed by atoms with Crippen molar-refractivity contribution in [2.24, 2.45) is 7.05 Å². The molecule has 32 heavy (non-hydrogen) atoms. The van der Waals surface area contributed by atoms with Gasteiger partial charge in [0.25, 0.3) is 0 Å². The van der Waals surface area contributed by atoms with Gasteiger partial charge >= 0.3 is 0 Å². The zero-order valence-corrected chi connectivity index (χ0v) is 19.5. The predicted molar refractivity (Wildman–Crippen MR) is 138 cm³/mol. The number of aryl methyl sites for hydroxylation is 5. The lowest BCUT2D eigenvalue weighted by Crippen LogP contribution is -2.01. The van der Waals surface area contributed by atoms with Gasteiger partial charge in [-0.3, -0.25) is 0 Å². The zero-order chi connectivity index (χ0) is 22.1. The van der Waals surface area contributed by atoms with Crippen LogP contribution in [0.2, 0.25) is 0 Å². The lowest BCUT2D eigenvalue weighted by molar-refractivity contribution is 0.874. The molecule has 0 N–H and O–H groups in total. The summed E-state index contributed by atoms with van der Waals surface area (Å²) in [6.07, 6.45) is 0. The average molecular weight is 417 g/mol. The molecule has 0 saturated heterocycles. The Hall–Kier alpha value is -3.52. The Morgan fingerprint density at radius 2 is 1.25 bits per heavy atom. The largest absolute Gasteiger partial charge is 0.343 e. The monoisotopic (exact) mass is 416 g/mol. The fraction of sp³-hybridized carbons (Fsp3) is 0.200. The van der Waals surface area contributed by atoms with Gasteiger partial charge in [-0.25, -0.2) is 0 Å². The summed E-state index contributed by atoms with van der Waals surface area (Å²) in [6, 6.07) is 25.0. The van der Waals surface area contributed by atoms with Crippen LogP contribution in [0.5, 0.6) is 0 Å². The topological polar surface area (TPSA) is 9.86 Å². The molecule has 0 saturated carbocycles. The molecular weight excluding hydrogens is 388 g/mol. The Morgan fingerprint density at radius 3 is 1.91 bits per heavy atom. The third-order valence-corrected chi connectivity index (χ3v) is 7.15. The molecule has 2 aromatic heterocycles. The first-order chi connectivity index (χ1) is 15.4. The molecule has 158 valence electrons. The molecule has 0 aliphatic carbocycles. The van der Waals surface area contributed by atoms with Gasteiger partial charge < -0.3 is 9.13 Å². The molecule has 0 amide bonds. The maximum absolute atomic E-state index is 2.52. The minimum absolute atomic E-state index is 0.858. The van der Waals surface area contributed by atoms with E-state index in [1.807, 2.05) is 0 Å². The summed E-state index contributed by atoms with van der Waals surface area (Å²) in [7, 11) is 2.21. The molecule has 0 atom stereocenters. The number of para-hydroxylation sites is 1. The molecular formula is C30H28N2. The molecule has 0 spiro atoms. The van der Waals surface area contributed by atoms with Crippen LogP contribution in [-0.4, -0.2) is 9.13 Å². The van der Waals surface area contributed by atoms with Gasteiger partial charge in [0.2, 0.25) is 0 Å². The first-order valence-corrected chi connectivity index (χ1v) is 11.4. The molecule has 6 rings (SSSR count). The van der Waals surface area contributed by atoms with Gasteiger partial charge in [0.1, 0.15) is 0 Å². The van der Waals surface area contributed by atoms with Crippen LogP contribution in [0.4, 0.5) is 0 Å². The van der Waals surface area contributed by atoms with Gasteiger partial charge in [0.15, 0.2) is 0 Å². The number of fused-ring (bicyclic) bond motifs is 6. The number of rotatable bonds is 2. The SMILES string of the molecule is Cc1ccc2c3ccc(C)cc3n(Cc3ccc(C)c4c3c3cccc(C)c3n4C)c2c1. The maximum Gasteiger partial charge on any atom is 0.0521 e. The summed E-state index contributed by atoms with van der Waals surface area (Å²) in [6.45, 7) is 9.67. The fourth-order valence-electron chi connectivity index (χ4n) is 5.68. The smallest absolute Gasteiger partial charge is 0.0521 e. The van der Waals surface area contributed by atoms with E-state index in [4.69, 9.17) is 0 Å². The summed E-state index contributed by atoms with van der Waals surface area (Å²) in [4.78, 5) is 0. The molecule has 4 aromatic carbocycles. The van der Waals surface area contributed by atoms with Crippen molar-refractivity contribution in [1.82, 2.24) is 9.13 Å². The molecule has 0 radical (unpaired) electrons. The number of hydrogen-bond donors (Lipinski definition) is 0. The molecule has 2 heterocycles. The summed E-state index contributed by atoms with van der Waals surface area (Å²) < 4.78 is 4.91. The van der Waals surface area contributed by atoms with Gasteiger partial charge in [-0.15, -0.1) is 0 Å². The Bertz CT molecular complexity index is 1630. The van der Waals surface area contributed by atoms with Crippen molar-refractivity contribution in [2.45, 2.75) is 34.2 Å².